The van der Waals surface area contributed by atoms with Gasteiger partial charge in [0, 0.05) is 0 Å². The highest BCUT2D eigenvalue weighted by Crippen LogP contribution is 2.58. The van der Waals surface area contributed by atoms with Crippen molar-refractivity contribution in [3.05, 3.63) is 41.2 Å². The number of fused-ring (bicyclic) bond motifs is 3. The second kappa shape index (κ2) is 6.67. The Labute approximate surface area is 165 Å². The van der Waals surface area contributed by atoms with Gasteiger partial charge in [-0.05, 0) is 56.7 Å². The van der Waals surface area contributed by atoms with Crippen molar-refractivity contribution in [2.75, 3.05) is 4.90 Å². The molecule has 1 heterocycles. The van der Waals surface area contributed by atoms with Crippen molar-refractivity contribution in [3.8, 4) is 6.07 Å². The van der Waals surface area contributed by atoms with Gasteiger partial charge in [-0.15, -0.1) is 0 Å². The first kappa shape index (κ1) is 18.6. The molecule has 1 N–H and O–H groups in total. The minimum atomic E-state index is -0.783. The maximum Gasteiger partial charge on any atom is 0.309 e. The summed E-state index contributed by atoms with van der Waals surface area (Å²) >= 11 is 1.08. The number of anilines is 2. The Morgan fingerprint density at radius 3 is 2.36 bits per heavy atom. The minimum Gasteiger partial charge on any atom is -0.481 e. The molecule has 0 aliphatic heterocycles. The number of benzene rings is 1. The number of rotatable bonds is 4. The lowest BCUT2D eigenvalue weighted by molar-refractivity contribution is -0.162. The van der Waals surface area contributed by atoms with E-state index < -0.39 is 22.6 Å². The fraction of sp³-hybridized carbons (Fsp3) is 0.400. The Morgan fingerprint density at radius 1 is 1.18 bits per heavy atom. The number of nitrogens with zero attached hydrogens (tertiary/aromatic N) is 3. The maximum atomic E-state index is 13.9. The van der Waals surface area contributed by atoms with Gasteiger partial charge >= 0.3 is 5.97 Å². The van der Waals surface area contributed by atoms with E-state index in [-0.39, 0.29) is 5.91 Å². The number of amides is 1. The van der Waals surface area contributed by atoms with Crippen LogP contribution < -0.4 is 4.90 Å². The Hall–Kier alpha value is -2.79. The molecule has 144 valence electrons. The van der Waals surface area contributed by atoms with Gasteiger partial charge in [0.25, 0.3) is 0 Å². The van der Waals surface area contributed by atoms with Gasteiger partial charge in [-0.2, -0.15) is 5.26 Å². The molecule has 28 heavy (non-hydrogen) atoms. The van der Waals surface area contributed by atoms with E-state index in [2.05, 4.69) is 4.98 Å². The predicted molar refractivity (Wildman–Crippen MR) is 101 cm³/mol. The fourth-order valence-corrected chi connectivity index (χ4v) is 5.15. The van der Waals surface area contributed by atoms with Crippen LogP contribution in [0.5, 0.6) is 0 Å². The Balaban J connectivity index is 1.72. The van der Waals surface area contributed by atoms with E-state index in [0.29, 0.717) is 54.2 Å². The second-order valence-electron chi connectivity index (χ2n) is 7.61. The van der Waals surface area contributed by atoms with Crippen LogP contribution in [0.3, 0.4) is 0 Å². The zero-order valence-corrected chi connectivity index (χ0v) is 15.8. The van der Waals surface area contributed by atoms with Gasteiger partial charge < -0.3 is 5.11 Å². The smallest absolute Gasteiger partial charge is 0.309 e. The SMILES string of the molecule is N#Cc1cnc(N(C(=O)C23CCC(C(=O)O)(CC2)CC3)c2cccc(F)c2)s1. The van der Waals surface area contributed by atoms with Gasteiger partial charge in [0.1, 0.15) is 16.8 Å². The highest BCUT2D eigenvalue weighted by molar-refractivity contribution is 7.16. The topological polar surface area (TPSA) is 94.3 Å². The summed E-state index contributed by atoms with van der Waals surface area (Å²) in [4.78, 5) is 31.4. The van der Waals surface area contributed by atoms with Crippen molar-refractivity contribution in [2.45, 2.75) is 38.5 Å². The van der Waals surface area contributed by atoms with Crippen LogP contribution in [0, 0.1) is 28.0 Å². The van der Waals surface area contributed by atoms with E-state index in [4.69, 9.17) is 5.26 Å². The molecule has 3 saturated carbocycles. The number of carbonyl (C=O) groups is 2. The molecule has 2 aromatic rings. The first-order valence-corrected chi connectivity index (χ1v) is 9.90. The summed E-state index contributed by atoms with van der Waals surface area (Å²) in [7, 11) is 0. The van der Waals surface area contributed by atoms with Crippen molar-refractivity contribution in [3.63, 3.8) is 0 Å². The van der Waals surface area contributed by atoms with Crippen molar-refractivity contribution in [2.24, 2.45) is 10.8 Å². The molecular weight excluding hydrogens is 381 g/mol. The number of hydrogen-bond acceptors (Lipinski definition) is 5. The van der Waals surface area contributed by atoms with Crippen LogP contribution in [-0.4, -0.2) is 22.0 Å². The fourth-order valence-electron chi connectivity index (χ4n) is 4.41. The minimum absolute atomic E-state index is 0.198. The second-order valence-corrected chi connectivity index (χ2v) is 8.61. The lowest BCUT2D eigenvalue weighted by Crippen LogP contribution is -2.52. The first-order valence-electron chi connectivity index (χ1n) is 9.09. The van der Waals surface area contributed by atoms with Crippen LogP contribution in [0.2, 0.25) is 0 Å². The number of nitriles is 1. The molecule has 8 heteroatoms. The molecular formula is C20H18FN3O3S. The zero-order valence-electron chi connectivity index (χ0n) is 15.0. The predicted octanol–water partition coefficient (Wildman–Crippen LogP) is 4.24. The third kappa shape index (κ3) is 2.87. The van der Waals surface area contributed by atoms with Crippen molar-refractivity contribution in [1.29, 1.82) is 5.26 Å². The van der Waals surface area contributed by atoms with Gasteiger partial charge in [-0.3, -0.25) is 14.5 Å². The first-order chi connectivity index (χ1) is 13.4. The number of thiazole rings is 1. The largest absolute Gasteiger partial charge is 0.481 e. The van der Waals surface area contributed by atoms with Crippen LogP contribution >= 0.6 is 11.3 Å². The lowest BCUT2D eigenvalue weighted by Gasteiger charge is -2.51. The summed E-state index contributed by atoms with van der Waals surface area (Å²) < 4.78 is 13.9. The standard InChI is InChI=1S/C20H18FN3O3S/c21-13-2-1-3-14(10-13)24(18-23-12-15(11-22)28-18)16(25)19-4-7-20(8-5-19,9-6-19)17(26)27/h1-3,10,12H,4-9H2,(H,26,27). The number of carbonyl (C=O) groups excluding carboxylic acids is 1. The molecule has 2 bridgehead atoms. The van der Waals surface area contributed by atoms with Crippen molar-refractivity contribution < 1.29 is 19.1 Å². The van der Waals surface area contributed by atoms with E-state index in [0.717, 1.165) is 11.3 Å². The molecule has 6 nitrogen and oxygen atoms in total. The number of hydrogen-bond donors (Lipinski definition) is 1. The summed E-state index contributed by atoms with van der Waals surface area (Å²) in [6.07, 6.45) is 4.25. The highest BCUT2D eigenvalue weighted by atomic mass is 32.1. The lowest BCUT2D eigenvalue weighted by atomic mass is 9.53. The summed E-state index contributed by atoms with van der Waals surface area (Å²) in [5, 5.41) is 19.0. The average molecular weight is 399 g/mol. The van der Waals surface area contributed by atoms with Crippen LogP contribution in [0.1, 0.15) is 43.4 Å². The molecule has 3 fully saturated rings. The summed E-state index contributed by atoms with van der Waals surface area (Å²) in [6, 6.07) is 7.75. The van der Waals surface area contributed by atoms with E-state index in [1.807, 2.05) is 6.07 Å². The molecule has 0 atom stereocenters. The third-order valence-electron chi connectivity index (χ3n) is 6.22. The van der Waals surface area contributed by atoms with Crippen molar-refractivity contribution >= 4 is 34.0 Å². The Bertz CT molecular complexity index is 972. The summed E-state index contributed by atoms with van der Waals surface area (Å²) in [5.41, 5.74) is -1.04. The molecule has 3 aliphatic rings. The Morgan fingerprint density at radius 2 is 1.82 bits per heavy atom. The normalized spacial score (nSPS) is 25.9. The number of halogens is 1. The molecule has 1 aromatic heterocycles. The molecule has 1 amide bonds. The molecule has 1 aromatic carbocycles. The highest BCUT2D eigenvalue weighted by Gasteiger charge is 2.57. The number of carboxylic acids is 1. The van der Waals surface area contributed by atoms with Crippen molar-refractivity contribution in [1.82, 2.24) is 4.98 Å². The van der Waals surface area contributed by atoms with E-state index in [9.17, 15) is 19.1 Å². The van der Waals surface area contributed by atoms with Crippen LogP contribution in [-0.2, 0) is 9.59 Å². The molecule has 5 rings (SSSR count). The number of carboxylic acid groups (broad SMARTS) is 1. The van der Waals surface area contributed by atoms with Crippen LogP contribution in [0.25, 0.3) is 0 Å². The maximum absolute atomic E-state index is 13.9. The number of aliphatic carboxylic acids is 1. The van der Waals surface area contributed by atoms with Gasteiger partial charge in [-0.1, -0.05) is 17.4 Å². The molecule has 3 aliphatic carbocycles. The zero-order chi connectivity index (χ0) is 19.9. The third-order valence-corrected chi connectivity index (χ3v) is 7.11. The molecule has 0 saturated heterocycles. The van der Waals surface area contributed by atoms with E-state index in [1.54, 1.807) is 6.07 Å². The quantitative estimate of drug-likeness (QED) is 0.830. The molecule has 0 spiro atoms. The number of aromatic nitrogens is 1. The van der Waals surface area contributed by atoms with E-state index in [1.165, 1.54) is 29.3 Å². The Kier molecular flexibility index (Phi) is 4.42. The summed E-state index contributed by atoms with van der Waals surface area (Å²) in [5.74, 6) is -1.45. The van der Waals surface area contributed by atoms with Crippen LogP contribution in [0.15, 0.2) is 30.5 Å². The van der Waals surface area contributed by atoms with Gasteiger partial charge in [0.2, 0.25) is 5.91 Å². The van der Waals surface area contributed by atoms with Gasteiger partial charge in [0.15, 0.2) is 5.13 Å². The monoisotopic (exact) mass is 399 g/mol. The average Bonchev–Trinajstić information content (AvgIpc) is 3.18. The van der Waals surface area contributed by atoms with E-state index >= 15 is 0 Å². The van der Waals surface area contributed by atoms with Gasteiger partial charge in [0.05, 0.1) is 22.7 Å². The summed E-state index contributed by atoms with van der Waals surface area (Å²) in [6.45, 7) is 0. The molecule has 0 radical (unpaired) electrons. The van der Waals surface area contributed by atoms with Crippen LogP contribution in [0.4, 0.5) is 15.2 Å². The molecule has 0 unspecified atom stereocenters. The van der Waals surface area contributed by atoms with Gasteiger partial charge in [-0.25, -0.2) is 9.37 Å².